The van der Waals surface area contributed by atoms with Crippen molar-refractivity contribution in [2.24, 2.45) is 0 Å². The van der Waals surface area contributed by atoms with E-state index in [1.165, 1.54) is 54.2 Å². The number of ether oxygens (including phenoxy) is 1. The summed E-state index contributed by atoms with van der Waals surface area (Å²) in [6.07, 6.45) is 7.86. The van der Waals surface area contributed by atoms with Crippen LogP contribution >= 0.6 is 11.6 Å². The predicted octanol–water partition coefficient (Wildman–Crippen LogP) is 4.10. The molecule has 0 radical (unpaired) electrons. The molecular formula is C24H27ClN4O2. The molecule has 31 heavy (non-hydrogen) atoms. The van der Waals surface area contributed by atoms with Crippen LogP contribution in [-0.2, 0) is 26.1 Å². The van der Waals surface area contributed by atoms with Crippen molar-refractivity contribution in [3.05, 3.63) is 87.1 Å². The molecule has 1 aromatic carbocycles. The standard InChI is InChI=1S/C24H27ClN4O2/c25-21-8-9-22(26-15-21)18-31-23-14-24(30)29(27-16-23)13-10-19-4-6-20(7-5-19)17-28-11-2-1-3-12-28/h4-9,14-16H,1-3,10-13,17-18H2. The predicted molar refractivity (Wildman–Crippen MR) is 121 cm³/mol. The molecule has 162 valence electrons. The van der Waals surface area contributed by atoms with Gasteiger partial charge in [-0.05, 0) is 55.6 Å². The van der Waals surface area contributed by atoms with E-state index in [1.54, 1.807) is 24.5 Å². The molecule has 0 saturated carbocycles. The first-order valence-electron chi connectivity index (χ1n) is 10.8. The molecule has 1 aliphatic rings. The number of hydrogen-bond acceptors (Lipinski definition) is 5. The first kappa shape index (κ1) is 21.5. The number of rotatable bonds is 8. The maximum atomic E-state index is 12.4. The molecule has 0 aliphatic carbocycles. The van der Waals surface area contributed by atoms with Crippen LogP contribution in [0, 0.1) is 0 Å². The second-order valence-electron chi connectivity index (χ2n) is 7.91. The number of aryl methyl sites for hydroxylation is 2. The van der Waals surface area contributed by atoms with Crippen LogP contribution < -0.4 is 10.3 Å². The summed E-state index contributed by atoms with van der Waals surface area (Å²) in [7, 11) is 0. The van der Waals surface area contributed by atoms with Gasteiger partial charge in [0.1, 0.15) is 12.4 Å². The maximum absolute atomic E-state index is 12.4. The fourth-order valence-electron chi connectivity index (χ4n) is 3.73. The summed E-state index contributed by atoms with van der Waals surface area (Å²) in [6.45, 7) is 4.21. The van der Waals surface area contributed by atoms with Gasteiger partial charge in [-0.25, -0.2) is 4.68 Å². The highest BCUT2D eigenvalue weighted by Crippen LogP contribution is 2.14. The summed E-state index contributed by atoms with van der Waals surface area (Å²) in [4.78, 5) is 19.1. The summed E-state index contributed by atoms with van der Waals surface area (Å²) in [5, 5.41) is 4.82. The Bertz CT molecular complexity index is 1030. The Balaban J connectivity index is 1.28. The second kappa shape index (κ2) is 10.6. The van der Waals surface area contributed by atoms with E-state index in [0.717, 1.165) is 18.7 Å². The fourth-order valence-corrected chi connectivity index (χ4v) is 3.85. The van der Waals surface area contributed by atoms with Crippen LogP contribution in [0.3, 0.4) is 0 Å². The van der Waals surface area contributed by atoms with Gasteiger partial charge >= 0.3 is 0 Å². The molecule has 0 unspecified atom stereocenters. The van der Waals surface area contributed by atoms with E-state index in [9.17, 15) is 4.79 Å². The van der Waals surface area contributed by atoms with Crippen molar-refractivity contribution < 1.29 is 4.74 Å². The Morgan fingerprint density at radius 1 is 0.968 bits per heavy atom. The van der Waals surface area contributed by atoms with Gasteiger partial charge in [0.15, 0.2) is 0 Å². The molecule has 6 nitrogen and oxygen atoms in total. The van der Waals surface area contributed by atoms with E-state index in [-0.39, 0.29) is 12.2 Å². The molecule has 7 heteroatoms. The number of benzene rings is 1. The lowest BCUT2D eigenvalue weighted by molar-refractivity contribution is 0.221. The number of pyridine rings is 1. The normalized spacial score (nSPS) is 14.5. The largest absolute Gasteiger partial charge is 0.485 e. The van der Waals surface area contributed by atoms with Crippen molar-refractivity contribution in [1.29, 1.82) is 0 Å². The van der Waals surface area contributed by atoms with Crippen LogP contribution in [0.4, 0.5) is 0 Å². The topological polar surface area (TPSA) is 60.2 Å². The molecule has 0 atom stereocenters. The van der Waals surface area contributed by atoms with E-state index in [0.29, 0.717) is 17.3 Å². The van der Waals surface area contributed by atoms with E-state index in [1.807, 2.05) is 0 Å². The first-order valence-corrected chi connectivity index (χ1v) is 11.1. The third-order valence-electron chi connectivity index (χ3n) is 5.51. The van der Waals surface area contributed by atoms with Crippen LogP contribution in [0.15, 0.2) is 59.7 Å². The van der Waals surface area contributed by atoms with Crippen molar-refractivity contribution in [2.75, 3.05) is 13.1 Å². The van der Waals surface area contributed by atoms with Gasteiger partial charge in [0.25, 0.3) is 5.56 Å². The summed E-state index contributed by atoms with van der Waals surface area (Å²) >= 11 is 5.83. The van der Waals surface area contributed by atoms with Crippen LogP contribution in [0.1, 0.15) is 36.1 Å². The monoisotopic (exact) mass is 438 g/mol. The smallest absolute Gasteiger partial charge is 0.270 e. The Hall–Kier alpha value is -2.70. The Labute approximate surface area is 187 Å². The van der Waals surface area contributed by atoms with E-state index in [2.05, 4.69) is 39.2 Å². The van der Waals surface area contributed by atoms with Crippen molar-refractivity contribution in [3.63, 3.8) is 0 Å². The molecular weight excluding hydrogens is 412 g/mol. The van der Waals surface area contributed by atoms with Gasteiger partial charge in [0.05, 0.1) is 16.9 Å². The SMILES string of the molecule is O=c1cc(OCc2ccc(Cl)cn2)cnn1CCc1ccc(CN2CCCCC2)cc1. The highest BCUT2D eigenvalue weighted by molar-refractivity contribution is 6.30. The van der Waals surface area contributed by atoms with Gasteiger partial charge < -0.3 is 4.74 Å². The van der Waals surface area contributed by atoms with Crippen molar-refractivity contribution in [3.8, 4) is 5.75 Å². The Kier molecular flexibility index (Phi) is 7.33. The molecule has 3 heterocycles. The van der Waals surface area contributed by atoms with Crippen molar-refractivity contribution >= 4 is 11.6 Å². The number of aromatic nitrogens is 3. The van der Waals surface area contributed by atoms with E-state index in [4.69, 9.17) is 16.3 Å². The average molecular weight is 439 g/mol. The molecule has 0 N–H and O–H groups in total. The minimum Gasteiger partial charge on any atom is -0.485 e. The molecule has 3 aromatic rings. The molecule has 2 aromatic heterocycles. The van der Waals surface area contributed by atoms with Crippen LogP contribution in [-0.4, -0.2) is 32.8 Å². The lowest BCUT2D eigenvalue weighted by atomic mass is 10.1. The summed E-state index contributed by atoms with van der Waals surface area (Å²) in [6, 6.07) is 13.7. The summed E-state index contributed by atoms with van der Waals surface area (Å²) < 4.78 is 7.09. The minimum atomic E-state index is -0.178. The highest BCUT2D eigenvalue weighted by atomic mass is 35.5. The van der Waals surface area contributed by atoms with E-state index >= 15 is 0 Å². The number of likely N-dealkylation sites (tertiary alicyclic amines) is 1. The number of nitrogens with zero attached hydrogens (tertiary/aromatic N) is 4. The van der Waals surface area contributed by atoms with Crippen LogP contribution in [0.2, 0.25) is 5.02 Å². The van der Waals surface area contributed by atoms with Crippen molar-refractivity contribution in [1.82, 2.24) is 19.7 Å². The fraction of sp³-hybridized carbons (Fsp3) is 0.375. The van der Waals surface area contributed by atoms with Gasteiger partial charge in [-0.2, -0.15) is 5.10 Å². The minimum absolute atomic E-state index is 0.178. The van der Waals surface area contributed by atoms with Gasteiger partial charge in [-0.3, -0.25) is 14.7 Å². The molecule has 1 fully saturated rings. The van der Waals surface area contributed by atoms with Gasteiger partial charge in [-0.1, -0.05) is 42.3 Å². The van der Waals surface area contributed by atoms with Gasteiger partial charge in [-0.15, -0.1) is 0 Å². The molecule has 0 bridgehead atoms. The molecule has 0 spiro atoms. The summed E-state index contributed by atoms with van der Waals surface area (Å²) in [5.41, 5.74) is 3.10. The average Bonchev–Trinajstić information content (AvgIpc) is 2.80. The zero-order valence-corrected chi connectivity index (χ0v) is 18.3. The quantitative estimate of drug-likeness (QED) is 0.530. The first-order chi connectivity index (χ1) is 15.2. The molecule has 1 aliphatic heterocycles. The van der Waals surface area contributed by atoms with Crippen LogP contribution in [0.5, 0.6) is 5.75 Å². The summed E-state index contributed by atoms with van der Waals surface area (Å²) in [5.74, 6) is 0.431. The molecule has 0 amide bonds. The third kappa shape index (κ3) is 6.39. The van der Waals surface area contributed by atoms with Crippen LogP contribution in [0.25, 0.3) is 0 Å². The second-order valence-corrected chi connectivity index (χ2v) is 8.35. The third-order valence-corrected chi connectivity index (χ3v) is 5.73. The molecule has 1 saturated heterocycles. The number of piperidine rings is 1. The molecule has 4 rings (SSSR count). The maximum Gasteiger partial charge on any atom is 0.270 e. The number of halogens is 1. The van der Waals surface area contributed by atoms with Crippen molar-refractivity contribution in [2.45, 2.75) is 45.4 Å². The Morgan fingerprint density at radius 3 is 2.45 bits per heavy atom. The lowest BCUT2D eigenvalue weighted by Crippen LogP contribution is -2.29. The van der Waals surface area contributed by atoms with Gasteiger partial charge in [0.2, 0.25) is 0 Å². The van der Waals surface area contributed by atoms with Gasteiger partial charge in [0, 0.05) is 25.4 Å². The lowest BCUT2D eigenvalue weighted by Gasteiger charge is -2.26. The number of hydrogen-bond donors (Lipinski definition) is 0. The van der Waals surface area contributed by atoms with E-state index < -0.39 is 0 Å². The highest BCUT2D eigenvalue weighted by Gasteiger charge is 2.10. The zero-order valence-electron chi connectivity index (χ0n) is 17.5. The Morgan fingerprint density at radius 2 is 1.74 bits per heavy atom. The zero-order chi connectivity index (χ0) is 21.5.